The molecule has 0 saturated carbocycles. The molecule has 0 atom stereocenters. The van der Waals surface area contributed by atoms with E-state index in [-0.39, 0.29) is 12.4 Å². The number of rotatable bonds is 21. The summed E-state index contributed by atoms with van der Waals surface area (Å²) in [6.45, 7) is 5.63. The van der Waals surface area contributed by atoms with Crippen LogP contribution in [0.25, 0.3) is 0 Å². The van der Waals surface area contributed by atoms with Crippen molar-refractivity contribution in [3.05, 3.63) is 0 Å². The third-order valence-electron chi connectivity index (χ3n) is 6.56. The van der Waals surface area contributed by atoms with Gasteiger partial charge in [0.15, 0.2) is 0 Å². The van der Waals surface area contributed by atoms with Crippen LogP contribution in [0.15, 0.2) is 0 Å². The first-order chi connectivity index (χ1) is 14.3. The average molecular weight is 464 g/mol. The third-order valence-corrected chi connectivity index (χ3v) is 7.09. The number of halogens is 2. The van der Waals surface area contributed by atoms with Crippen LogP contribution in [0.4, 0.5) is 0 Å². The van der Waals surface area contributed by atoms with Crippen molar-refractivity contribution in [1.29, 1.82) is 0 Å². The van der Waals surface area contributed by atoms with Crippen LogP contribution in [-0.2, 0) is 0 Å². The van der Waals surface area contributed by atoms with E-state index in [1.54, 1.807) is 0 Å². The maximum absolute atomic E-state index is 6.29. The molecule has 0 spiro atoms. The maximum Gasteiger partial charge on any atom is 0.345 e. The van der Waals surface area contributed by atoms with Gasteiger partial charge < -0.3 is 12.4 Å². The van der Waals surface area contributed by atoms with E-state index in [9.17, 15) is 0 Å². The van der Waals surface area contributed by atoms with Crippen LogP contribution in [0.2, 0.25) is 0 Å². The minimum Gasteiger partial charge on any atom is -1.00 e. The molecule has 30 heavy (non-hydrogen) atoms. The summed E-state index contributed by atoms with van der Waals surface area (Å²) in [5, 5.41) is 0.947. The molecule has 0 aromatic rings. The lowest BCUT2D eigenvalue weighted by molar-refractivity contribution is -0.484. The Morgan fingerprint density at radius 1 is 0.633 bits per heavy atom. The highest BCUT2D eigenvalue weighted by molar-refractivity contribution is 6.63. The normalized spacial score (nSPS) is 13.9. The van der Waals surface area contributed by atoms with Gasteiger partial charge in [0.25, 0.3) is 0 Å². The second-order valence-electron chi connectivity index (χ2n) is 9.40. The standard InChI is InChI=1S/C26H52ClN2.ClH/c1-3-4-5-6-7-8-9-10-11-12-13-14-15-16-17-18-19-20-21-22-23-29-25-24-28(2)26(29)27;/h3-25H2,1-2H3;1H/q+1;/p-1. The summed E-state index contributed by atoms with van der Waals surface area (Å²) in [5.41, 5.74) is 0. The van der Waals surface area contributed by atoms with Gasteiger partial charge in [-0.25, -0.2) is 4.90 Å². The van der Waals surface area contributed by atoms with E-state index in [0.29, 0.717) is 0 Å². The van der Waals surface area contributed by atoms with Gasteiger partial charge in [0.1, 0.15) is 13.1 Å². The fraction of sp³-hybridized carbons (Fsp3) is 0.962. The van der Waals surface area contributed by atoms with Crippen molar-refractivity contribution in [2.24, 2.45) is 0 Å². The maximum atomic E-state index is 6.29. The number of unbranched alkanes of at least 4 members (excludes halogenated alkanes) is 19. The third kappa shape index (κ3) is 16.7. The Morgan fingerprint density at radius 3 is 1.27 bits per heavy atom. The topological polar surface area (TPSA) is 6.25 Å². The molecule has 0 aliphatic carbocycles. The highest BCUT2D eigenvalue weighted by Gasteiger charge is 2.25. The summed E-state index contributed by atoms with van der Waals surface area (Å²) in [6, 6.07) is 0. The molecule has 0 amide bonds. The zero-order valence-electron chi connectivity index (χ0n) is 20.4. The second-order valence-corrected chi connectivity index (χ2v) is 9.73. The molecule has 1 heterocycles. The minimum atomic E-state index is 0. The van der Waals surface area contributed by atoms with Crippen molar-refractivity contribution >= 4 is 16.9 Å². The molecule has 0 aromatic heterocycles. The highest BCUT2D eigenvalue weighted by atomic mass is 35.5. The zero-order chi connectivity index (χ0) is 21.0. The molecule has 1 aliphatic heterocycles. The van der Waals surface area contributed by atoms with Crippen LogP contribution in [-0.4, -0.2) is 41.5 Å². The molecule has 0 radical (unpaired) electrons. The van der Waals surface area contributed by atoms with Gasteiger partial charge in [-0.05, 0) is 12.8 Å². The lowest BCUT2D eigenvalue weighted by atomic mass is 10.0. The van der Waals surface area contributed by atoms with Gasteiger partial charge in [-0.3, -0.25) is 4.58 Å². The lowest BCUT2D eigenvalue weighted by Gasteiger charge is -2.08. The predicted octanol–water partition coefficient (Wildman–Crippen LogP) is 5.37. The van der Waals surface area contributed by atoms with E-state index >= 15 is 0 Å². The Hall–Kier alpha value is 0.0500. The summed E-state index contributed by atoms with van der Waals surface area (Å²) in [7, 11) is 2.08. The Labute approximate surface area is 200 Å². The van der Waals surface area contributed by atoms with Crippen LogP contribution < -0.4 is 12.4 Å². The molecule has 180 valence electrons. The highest BCUT2D eigenvalue weighted by Crippen LogP contribution is 2.15. The first-order valence-corrected chi connectivity index (χ1v) is 13.6. The molecule has 0 N–H and O–H groups in total. The molecule has 0 saturated heterocycles. The van der Waals surface area contributed by atoms with Gasteiger partial charge >= 0.3 is 5.29 Å². The molecule has 1 rings (SSSR count). The SMILES string of the molecule is CCCCCCCCCCCCCCCCCCCCCCN1CC[N+](C)=C1Cl.[Cl-]. The molecule has 4 heteroatoms. The fourth-order valence-electron chi connectivity index (χ4n) is 4.46. The number of hydrogen-bond acceptors (Lipinski definition) is 1. The largest absolute Gasteiger partial charge is 1.00 e. The number of hydrogen-bond donors (Lipinski definition) is 0. The van der Waals surface area contributed by atoms with Crippen molar-refractivity contribution in [1.82, 2.24) is 4.90 Å². The van der Waals surface area contributed by atoms with E-state index in [4.69, 9.17) is 11.6 Å². The van der Waals surface area contributed by atoms with Crippen molar-refractivity contribution in [2.75, 3.05) is 26.7 Å². The van der Waals surface area contributed by atoms with Crippen molar-refractivity contribution in [2.45, 2.75) is 135 Å². The lowest BCUT2D eigenvalue weighted by Crippen LogP contribution is -3.00. The van der Waals surface area contributed by atoms with Crippen LogP contribution in [0, 0.1) is 0 Å². The zero-order valence-corrected chi connectivity index (χ0v) is 21.9. The van der Waals surface area contributed by atoms with E-state index < -0.39 is 0 Å². The first kappa shape index (κ1) is 30.0. The summed E-state index contributed by atoms with van der Waals surface area (Å²) < 4.78 is 2.15. The molecule has 0 unspecified atom stereocenters. The monoisotopic (exact) mass is 462 g/mol. The Balaban J connectivity index is 0.00000841. The van der Waals surface area contributed by atoms with Crippen molar-refractivity contribution in [3.8, 4) is 0 Å². The Bertz CT molecular complexity index is 398. The molecule has 0 fully saturated rings. The van der Waals surface area contributed by atoms with Gasteiger partial charge in [0.05, 0.1) is 13.6 Å². The number of nitrogens with zero attached hydrogens (tertiary/aromatic N) is 2. The fourth-order valence-corrected chi connectivity index (χ4v) is 4.71. The summed E-state index contributed by atoms with van der Waals surface area (Å²) >= 11 is 6.29. The van der Waals surface area contributed by atoms with E-state index in [0.717, 1.165) is 24.9 Å². The van der Waals surface area contributed by atoms with Crippen LogP contribution >= 0.6 is 11.6 Å². The van der Waals surface area contributed by atoms with Crippen LogP contribution in [0.1, 0.15) is 135 Å². The first-order valence-electron chi connectivity index (χ1n) is 13.2. The number of amidine groups is 1. The molecule has 1 aliphatic rings. The molecule has 0 bridgehead atoms. The van der Waals surface area contributed by atoms with Gasteiger partial charge in [-0.15, -0.1) is 0 Å². The Morgan fingerprint density at radius 2 is 0.967 bits per heavy atom. The summed E-state index contributed by atoms with van der Waals surface area (Å²) in [5.74, 6) is 0. The molecule has 2 nitrogen and oxygen atoms in total. The van der Waals surface area contributed by atoms with Gasteiger partial charge in [-0.1, -0.05) is 122 Å². The average Bonchev–Trinajstić information content (AvgIpc) is 3.04. The summed E-state index contributed by atoms with van der Waals surface area (Å²) in [4.78, 5) is 2.33. The van der Waals surface area contributed by atoms with E-state index in [1.807, 2.05) is 0 Å². The molecular formula is C26H52Cl2N2. The van der Waals surface area contributed by atoms with Gasteiger partial charge in [0, 0.05) is 11.6 Å². The van der Waals surface area contributed by atoms with Crippen LogP contribution in [0.3, 0.4) is 0 Å². The molecule has 0 aromatic carbocycles. The van der Waals surface area contributed by atoms with Gasteiger partial charge in [-0.2, -0.15) is 0 Å². The Kier molecular flexibility index (Phi) is 22.3. The van der Waals surface area contributed by atoms with E-state index in [2.05, 4.69) is 23.4 Å². The minimum absolute atomic E-state index is 0. The van der Waals surface area contributed by atoms with E-state index in [1.165, 1.54) is 128 Å². The number of likely N-dealkylation sites (N-methyl/N-ethyl adjacent to an activating group) is 1. The van der Waals surface area contributed by atoms with Crippen molar-refractivity contribution < 1.29 is 17.0 Å². The molecular weight excluding hydrogens is 411 g/mol. The second kappa shape index (κ2) is 22.3. The van der Waals surface area contributed by atoms with Crippen molar-refractivity contribution in [3.63, 3.8) is 0 Å². The smallest absolute Gasteiger partial charge is 0.345 e. The quantitative estimate of drug-likeness (QED) is 0.126. The van der Waals surface area contributed by atoms with Gasteiger partial charge in [0.2, 0.25) is 0 Å². The summed E-state index contributed by atoms with van der Waals surface area (Å²) in [6.07, 6.45) is 28.9. The predicted molar refractivity (Wildman–Crippen MR) is 131 cm³/mol. The van der Waals surface area contributed by atoms with Crippen LogP contribution in [0.5, 0.6) is 0 Å².